The predicted molar refractivity (Wildman–Crippen MR) is 61.0 cm³/mol. The first-order chi connectivity index (χ1) is 6.92. The van der Waals surface area contributed by atoms with Crippen LogP contribution in [0, 0.1) is 0 Å². The van der Waals surface area contributed by atoms with E-state index < -0.39 is 0 Å². The van der Waals surface area contributed by atoms with Crippen molar-refractivity contribution in [2.45, 2.75) is 11.3 Å². The second-order valence-corrected chi connectivity index (χ2v) is 4.34. The first-order valence-corrected chi connectivity index (χ1v) is 5.86. The van der Waals surface area contributed by atoms with Gasteiger partial charge in [0, 0.05) is 25.2 Å². The third kappa shape index (κ3) is 2.04. The van der Waals surface area contributed by atoms with E-state index in [0.29, 0.717) is 0 Å². The first-order valence-electron chi connectivity index (χ1n) is 4.87. The molecule has 0 aliphatic carbocycles. The number of para-hydroxylation sites is 1. The summed E-state index contributed by atoms with van der Waals surface area (Å²) in [6.45, 7) is 1.95. The molecular weight excluding hydrogens is 194 g/mol. The zero-order valence-electron chi connectivity index (χ0n) is 8.40. The van der Waals surface area contributed by atoms with E-state index in [2.05, 4.69) is 29.2 Å². The molecule has 0 saturated carbocycles. The molecule has 0 N–H and O–H groups in total. The van der Waals surface area contributed by atoms with Gasteiger partial charge in [0.15, 0.2) is 0 Å². The number of thioether (sulfide) groups is 1. The van der Waals surface area contributed by atoms with Gasteiger partial charge in [0.05, 0.1) is 11.6 Å². The summed E-state index contributed by atoms with van der Waals surface area (Å²) in [5, 5.41) is 0. The molecule has 0 bridgehead atoms. The van der Waals surface area contributed by atoms with Crippen LogP contribution >= 0.6 is 11.8 Å². The molecule has 0 radical (unpaired) electrons. The number of fused-ring (bicyclic) bond motifs is 1. The Labute approximate surface area is 89.2 Å². The predicted octanol–water partition coefficient (Wildman–Crippen LogP) is 2.59. The Bertz CT molecular complexity index is 303. The Morgan fingerprint density at radius 2 is 2.29 bits per heavy atom. The van der Waals surface area contributed by atoms with E-state index in [1.54, 1.807) is 7.11 Å². The van der Waals surface area contributed by atoms with Crippen LogP contribution in [0.3, 0.4) is 0 Å². The fraction of sp³-hybridized carbons (Fsp3) is 0.455. The van der Waals surface area contributed by atoms with Gasteiger partial charge in [-0.05, 0) is 18.6 Å². The fourth-order valence-corrected chi connectivity index (χ4v) is 2.73. The second-order valence-electron chi connectivity index (χ2n) is 3.35. The first kappa shape index (κ1) is 9.87. The van der Waals surface area contributed by atoms with Crippen molar-refractivity contribution in [3.05, 3.63) is 24.3 Å². The largest absolute Gasteiger partial charge is 0.385 e. The Hall–Kier alpha value is -0.670. The highest BCUT2D eigenvalue weighted by atomic mass is 32.2. The quantitative estimate of drug-likeness (QED) is 0.707. The van der Waals surface area contributed by atoms with E-state index in [-0.39, 0.29) is 0 Å². The standard InChI is InChI=1S/C11H15NOS/c1-13-8-4-7-12-9-14-11-6-3-2-5-10(11)12/h2-3,5-6H,4,7-9H2,1H3. The lowest BCUT2D eigenvalue weighted by Crippen LogP contribution is -2.21. The van der Waals surface area contributed by atoms with Crippen molar-refractivity contribution in [2.24, 2.45) is 0 Å². The van der Waals surface area contributed by atoms with E-state index in [1.807, 2.05) is 11.8 Å². The lowest BCUT2D eigenvalue weighted by atomic mass is 10.3. The van der Waals surface area contributed by atoms with Crippen molar-refractivity contribution < 1.29 is 4.74 Å². The van der Waals surface area contributed by atoms with Gasteiger partial charge in [0.2, 0.25) is 0 Å². The van der Waals surface area contributed by atoms with Crippen molar-refractivity contribution in [3.63, 3.8) is 0 Å². The van der Waals surface area contributed by atoms with Gasteiger partial charge in [-0.15, -0.1) is 11.8 Å². The molecule has 0 unspecified atom stereocenters. The molecule has 0 aromatic heterocycles. The number of nitrogens with zero attached hydrogens (tertiary/aromatic N) is 1. The van der Waals surface area contributed by atoms with Crippen molar-refractivity contribution in [3.8, 4) is 0 Å². The van der Waals surface area contributed by atoms with Gasteiger partial charge in [0.1, 0.15) is 0 Å². The summed E-state index contributed by atoms with van der Waals surface area (Å²) in [6.07, 6.45) is 1.10. The topological polar surface area (TPSA) is 12.5 Å². The molecule has 76 valence electrons. The van der Waals surface area contributed by atoms with Crippen LogP contribution in [-0.2, 0) is 4.74 Å². The Balaban J connectivity index is 1.96. The molecule has 1 aromatic carbocycles. The minimum Gasteiger partial charge on any atom is -0.385 e. The van der Waals surface area contributed by atoms with Crippen molar-refractivity contribution in [1.82, 2.24) is 0 Å². The van der Waals surface area contributed by atoms with Crippen LogP contribution in [0.15, 0.2) is 29.2 Å². The van der Waals surface area contributed by atoms with Crippen LogP contribution < -0.4 is 4.90 Å². The molecule has 2 rings (SSSR count). The molecule has 2 nitrogen and oxygen atoms in total. The lowest BCUT2D eigenvalue weighted by molar-refractivity contribution is 0.196. The maximum absolute atomic E-state index is 5.06. The molecule has 14 heavy (non-hydrogen) atoms. The molecular formula is C11H15NOS. The minimum atomic E-state index is 0.851. The highest BCUT2D eigenvalue weighted by Crippen LogP contribution is 2.37. The molecule has 1 aliphatic heterocycles. The summed E-state index contributed by atoms with van der Waals surface area (Å²) in [6, 6.07) is 8.59. The normalized spacial score (nSPS) is 14.5. The number of ether oxygens (including phenoxy) is 1. The zero-order valence-corrected chi connectivity index (χ0v) is 9.22. The molecule has 3 heteroatoms. The zero-order chi connectivity index (χ0) is 9.80. The van der Waals surface area contributed by atoms with Gasteiger partial charge in [-0.3, -0.25) is 0 Å². The molecule has 0 amide bonds. The minimum absolute atomic E-state index is 0.851. The summed E-state index contributed by atoms with van der Waals surface area (Å²) < 4.78 is 5.06. The Kier molecular flexibility index (Phi) is 3.32. The van der Waals surface area contributed by atoms with Gasteiger partial charge >= 0.3 is 0 Å². The average Bonchev–Trinajstić information content (AvgIpc) is 2.63. The number of methoxy groups -OCH3 is 1. The number of rotatable bonds is 4. The maximum atomic E-state index is 5.06. The Morgan fingerprint density at radius 1 is 1.43 bits per heavy atom. The van der Waals surface area contributed by atoms with Gasteiger partial charge in [-0.1, -0.05) is 12.1 Å². The van der Waals surface area contributed by atoms with E-state index >= 15 is 0 Å². The summed E-state index contributed by atoms with van der Waals surface area (Å²) in [5.41, 5.74) is 1.38. The smallest absolute Gasteiger partial charge is 0.0686 e. The molecule has 1 aliphatic rings. The van der Waals surface area contributed by atoms with E-state index in [4.69, 9.17) is 4.74 Å². The van der Waals surface area contributed by atoms with Crippen LogP contribution in [0.1, 0.15) is 6.42 Å². The van der Waals surface area contributed by atoms with Crippen molar-refractivity contribution in [1.29, 1.82) is 0 Å². The summed E-state index contributed by atoms with van der Waals surface area (Å²) in [7, 11) is 1.76. The van der Waals surface area contributed by atoms with E-state index in [1.165, 1.54) is 10.6 Å². The third-order valence-electron chi connectivity index (χ3n) is 2.36. The molecule has 1 heterocycles. The molecule has 0 atom stereocenters. The molecule has 0 spiro atoms. The number of benzene rings is 1. The molecule has 0 fully saturated rings. The second kappa shape index (κ2) is 4.71. The molecule has 1 aromatic rings. The number of hydrogen-bond acceptors (Lipinski definition) is 3. The Morgan fingerprint density at radius 3 is 3.14 bits per heavy atom. The SMILES string of the molecule is COCCCN1CSc2ccccc21. The summed E-state index contributed by atoms with van der Waals surface area (Å²) in [4.78, 5) is 3.82. The lowest BCUT2D eigenvalue weighted by Gasteiger charge is -2.17. The third-order valence-corrected chi connectivity index (χ3v) is 3.46. The van der Waals surface area contributed by atoms with Gasteiger partial charge in [-0.2, -0.15) is 0 Å². The molecule has 0 saturated heterocycles. The summed E-state index contributed by atoms with van der Waals surface area (Å²) >= 11 is 1.92. The average molecular weight is 209 g/mol. The van der Waals surface area contributed by atoms with Crippen LogP contribution in [0.2, 0.25) is 0 Å². The van der Waals surface area contributed by atoms with Crippen LogP contribution in [0.25, 0.3) is 0 Å². The van der Waals surface area contributed by atoms with E-state index in [9.17, 15) is 0 Å². The van der Waals surface area contributed by atoms with Crippen LogP contribution in [0.5, 0.6) is 0 Å². The van der Waals surface area contributed by atoms with Crippen LogP contribution in [0.4, 0.5) is 5.69 Å². The number of anilines is 1. The van der Waals surface area contributed by atoms with Crippen molar-refractivity contribution >= 4 is 17.4 Å². The van der Waals surface area contributed by atoms with Gasteiger partial charge in [0.25, 0.3) is 0 Å². The highest BCUT2D eigenvalue weighted by molar-refractivity contribution is 7.99. The maximum Gasteiger partial charge on any atom is 0.0686 e. The summed E-state index contributed by atoms with van der Waals surface area (Å²) in [5.74, 6) is 1.09. The number of hydrogen-bond donors (Lipinski definition) is 0. The van der Waals surface area contributed by atoms with Gasteiger partial charge < -0.3 is 9.64 Å². The monoisotopic (exact) mass is 209 g/mol. The van der Waals surface area contributed by atoms with Crippen LogP contribution in [-0.4, -0.2) is 26.1 Å². The van der Waals surface area contributed by atoms with E-state index in [0.717, 1.165) is 25.4 Å². The highest BCUT2D eigenvalue weighted by Gasteiger charge is 2.17. The fourth-order valence-electron chi connectivity index (χ4n) is 1.64. The van der Waals surface area contributed by atoms with Gasteiger partial charge in [-0.25, -0.2) is 0 Å². The van der Waals surface area contributed by atoms with Crippen molar-refractivity contribution in [2.75, 3.05) is 31.0 Å².